The molecule has 0 atom stereocenters. The Kier molecular flexibility index (Phi) is 12.6. The molecule has 0 saturated carbocycles. The van der Waals surface area contributed by atoms with Gasteiger partial charge in [-0.3, -0.25) is 19.0 Å². The second kappa shape index (κ2) is 20.1. The normalized spacial score (nSPS) is 11.4. The van der Waals surface area contributed by atoms with Crippen LogP contribution in [0, 0.1) is 0 Å². The van der Waals surface area contributed by atoms with Crippen molar-refractivity contribution >= 4 is 68.2 Å². The summed E-state index contributed by atoms with van der Waals surface area (Å²) < 4.78 is 10.4. The summed E-state index contributed by atoms with van der Waals surface area (Å²) in [6.45, 7) is 3.01. The average Bonchev–Trinajstić information content (AvgIpc) is 4.20. The van der Waals surface area contributed by atoms with Crippen molar-refractivity contribution in [3.63, 3.8) is 0 Å². The van der Waals surface area contributed by atoms with Gasteiger partial charge in [-0.15, -0.1) is 10.2 Å². The van der Waals surface area contributed by atoms with Gasteiger partial charge in [0.15, 0.2) is 34.2 Å². The van der Waals surface area contributed by atoms with Gasteiger partial charge in [0.1, 0.15) is 24.3 Å². The predicted molar refractivity (Wildman–Crippen MR) is 272 cm³/mol. The number of hydrogen-bond acceptors (Lipinski definition) is 14. The number of hydrogen-bond donors (Lipinski definition) is 2. The summed E-state index contributed by atoms with van der Waals surface area (Å²) in [6, 6.07) is 33.7. The van der Waals surface area contributed by atoms with E-state index < -0.39 is 0 Å². The molecule has 0 radical (unpaired) electrons. The molecule has 0 spiro atoms. The average molecular weight is 996 g/mol. The first kappa shape index (κ1) is 45.3. The van der Waals surface area contributed by atoms with E-state index in [1.807, 2.05) is 82.4 Å². The van der Waals surface area contributed by atoms with Crippen LogP contribution in [0.25, 0.3) is 33.4 Å². The van der Waals surface area contributed by atoms with Crippen LogP contribution in [0.1, 0.15) is 33.9 Å². The minimum atomic E-state index is -0.0169. The topological polar surface area (TPSA) is 216 Å². The maximum atomic E-state index is 11.9. The van der Waals surface area contributed by atoms with E-state index in [-0.39, 0.29) is 11.1 Å². The van der Waals surface area contributed by atoms with Crippen LogP contribution < -0.4 is 21.8 Å². The quantitative estimate of drug-likeness (QED) is 0.115. The van der Waals surface area contributed by atoms with Crippen LogP contribution in [-0.4, -0.2) is 77.8 Å². The number of halogens is 2. The van der Waals surface area contributed by atoms with Gasteiger partial charge in [-0.25, -0.2) is 38.9 Å². The molecule has 356 valence electrons. The molecule has 0 aliphatic rings. The van der Waals surface area contributed by atoms with E-state index in [2.05, 4.69) is 60.9 Å². The SMILES string of the molecule is O=c1ccccn1Cc1ccc(Cn2cc3c(NCc4nc5cc(Cl)ccn5n4)ncnc3n2)cc1.O=c1ccccn1Cc1ccc(Cn2cc3c(NCc4nc5cc(Cl)ccn5n4)ncnc3n2)cc1. The van der Waals surface area contributed by atoms with E-state index in [1.54, 1.807) is 91.5 Å². The van der Waals surface area contributed by atoms with E-state index >= 15 is 0 Å². The van der Waals surface area contributed by atoms with E-state index in [9.17, 15) is 9.59 Å². The van der Waals surface area contributed by atoms with E-state index in [4.69, 9.17) is 23.2 Å². The van der Waals surface area contributed by atoms with Gasteiger partial charge in [0.25, 0.3) is 11.1 Å². The number of rotatable bonds is 14. The Morgan fingerprint density at radius 2 is 0.875 bits per heavy atom. The summed E-state index contributed by atoms with van der Waals surface area (Å²) in [7, 11) is 0. The third-order valence-electron chi connectivity index (χ3n) is 11.5. The largest absolute Gasteiger partial charge is 0.362 e. The van der Waals surface area contributed by atoms with Gasteiger partial charge >= 0.3 is 0 Å². The zero-order valence-corrected chi connectivity index (χ0v) is 39.5. The summed E-state index contributed by atoms with van der Waals surface area (Å²) >= 11 is 12.1. The summed E-state index contributed by atoms with van der Waals surface area (Å²) in [6.07, 6.45) is 13.9. The zero-order chi connectivity index (χ0) is 49.0. The van der Waals surface area contributed by atoms with Crippen molar-refractivity contribution in [2.24, 2.45) is 0 Å². The summed E-state index contributed by atoms with van der Waals surface area (Å²) in [5, 5.41) is 27.5. The number of fused-ring (bicyclic) bond motifs is 4. The fourth-order valence-electron chi connectivity index (χ4n) is 7.94. The maximum Gasteiger partial charge on any atom is 0.250 e. The molecule has 0 unspecified atom stereocenters. The number of nitrogens with zero attached hydrogens (tertiary/aromatic N) is 16. The third-order valence-corrected chi connectivity index (χ3v) is 12.0. The zero-order valence-electron chi connectivity index (χ0n) is 38.0. The summed E-state index contributed by atoms with van der Waals surface area (Å²) in [4.78, 5) is 50.3. The number of aromatic nitrogens is 16. The van der Waals surface area contributed by atoms with Gasteiger partial charge in [0.2, 0.25) is 0 Å². The minimum Gasteiger partial charge on any atom is -0.362 e. The van der Waals surface area contributed by atoms with Crippen LogP contribution >= 0.6 is 23.2 Å². The maximum absolute atomic E-state index is 11.9. The molecule has 10 heterocycles. The van der Waals surface area contributed by atoms with E-state index in [0.717, 1.165) is 33.0 Å². The first-order valence-corrected chi connectivity index (χ1v) is 23.3. The van der Waals surface area contributed by atoms with Gasteiger partial charge in [-0.2, -0.15) is 10.2 Å². The number of pyridine rings is 4. The van der Waals surface area contributed by atoms with Gasteiger partial charge < -0.3 is 19.8 Å². The standard InChI is InChI=1S/2C25H20ClN9O/c2*26-19-8-10-35-22(11-19)30-21(31-35)12-27-24-20-15-34(32-25(20)29-16-28-24)14-18-6-4-17(5-7-18)13-33-9-2-1-3-23(33)36/h2*1-11,15-16H,12-14H2,(H,27,28,29,32). The molecule has 0 bridgehead atoms. The molecular formula is C50H40Cl2N18O2. The molecule has 0 saturated heterocycles. The van der Waals surface area contributed by atoms with Crippen molar-refractivity contribution in [3.05, 3.63) is 224 Å². The highest BCUT2D eigenvalue weighted by molar-refractivity contribution is 6.31. The van der Waals surface area contributed by atoms with Crippen LogP contribution in [0.4, 0.5) is 11.6 Å². The Labute approximate surface area is 417 Å². The molecule has 0 aliphatic heterocycles. The highest BCUT2D eigenvalue weighted by Gasteiger charge is 2.13. The molecule has 72 heavy (non-hydrogen) atoms. The van der Waals surface area contributed by atoms with Crippen molar-refractivity contribution in [1.82, 2.24) is 77.8 Å². The summed E-state index contributed by atoms with van der Waals surface area (Å²) in [5.41, 5.74) is 6.81. The van der Waals surface area contributed by atoms with E-state index in [0.29, 0.717) is 95.2 Å². The molecule has 2 aromatic carbocycles. The fourth-order valence-corrected chi connectivity index (χ4v) is 8.25. The van der Waals surface area contributed by atoms with E-state index in [1.165, 1.54) is 12.7 Å². The highest BCUT2D eigenvalue weighted by Crippen LogP contribution is 2.22. The molecule has 2 N–H and O–H groups in total. The van der Waals surface area contributed by atoms with Gasteiger partial charge in [0, 0.05) is 71.5 Å². The fraction of sp³-hybridized carbons (Fsp3) is 0.120. The Balaban J connectivity index is 0.000000156. The smallest absolute Gasteiger partial charge is 0.250 e. The molecule has 22 heteroatoms. The van der Waals surface area contributed by atoms with Gasteiger partial charge in [0.05, 0.1) is 50.0 Å². The Hall–Kier alpha value is -9.14. The van der Waals surface area contributed by atoms with Crippen molar-refractivity contribution in [3.8, 4) is 0 Å². The number of nitrogens with one attached hydrogen (secondary N) is 2. The number of anilines is 2. The lowest BCUT2D eigenvalue weighted by atomic mass is 10.1. The molecular weight excluding hydrogens is 956 g/mol. The lowest BCUT2D eigenvalue weighted by molar-refractivity contribution is 0.692. The second-order valence-corrected chi connectivity index (χ2v) is 17.5. The van der Waals surface area contributed by atoms with Crippen LogP contribution in [0.2, 0.25) is 10.0 Å². The van der Waals surface area contributed by atoms with Crippen molar-refractivity contribution in [2.45, 2.75) is 39.3 Å². The molecule has 0 amide bonds. The van der Waals surface area contributed by atoms with Crippen LogP contribution in [0.15, 0.2) is 169 Å². The van der Waals surface area contributed by atoms with Crippen LogP contribution in [-0.2, 0) is 39.3 Å². The second-order valence-electron chi connectivity index (χ2n) is 16.6. The molecule has 0 aliphatic carbocycles. The Morgan fingerprint density at radius 1 is 0.458 bits per heavy atom. The van der Waals surface area contributed by atoms with Crippen LogP contribution in [0.5, 0.6) is 0 Å². The monoisotopic (exact) mass is 994 g/mol. The lowest BCUT2D eigenvalue weighted by Gasteiger charge is -2.07. The van der Waals surface area contributed by atoms with Crippen LogP contribution in [0.3, 0.4) is 0 Å². The third kappa shape index (κ3) is 10.4. The molecule has 0 fully saturated rings. The molecule has 20 nitrogen and oxygen atoms in total. The molecule has 10 aromatic heterocycles. The molecule has 12 aromatic rings. The first-order valence-electron chi connectivity index (χ1n) is 22.5. The Bertz CT molecular complexity index is 3730. The minimum absolute atomic E-state index is 0.0169. The van der Waals surface area contributed by atoms with Gasteiger partial charge in [-0.1, -0.05) is 83.9 Å². The van der Waals surface area contributed by atoms with Crippen molar-refractivity contribution in [2.75, 3.05) is 10.6 Å². The van der Waals surface area contributed by atoms with Crippen molar-refractivity contribution < 1.29 is 0 Å². The summed E-state index contributed by atoms with van der Waals surface area (Å²) in [5.74, 6) is 2.56. The first-order chi connectivity index (χ1) is 35.2. The predicted octanol–water partition coefficient (Wildman–Crippen LogP) is 6.79. The van der Waals surface area contributed by atoms with Crippen molar-refractivity contribution in [1.29, 1.82) is 0 Å². The lowest BCUT2D eigenvalue weighted by Crippen LogP contribution is -2.18. The van der Waals surface area contributed by atoms with Gasteiger partial charge in [-0.05, 0) is 46.5 Å². The number of benzene rings is 2. The molecule has 12 rings (SSSR count). The highest BCUT2D eigenvalue weighted by atomic mass is 35.5. The Morgan fingerprint density at radius 3 is 1.29 bits per heavy atom.